The molecule has 0 aliphatic heterocycles. The third kappa shape index (κ3) is 3.54. The molecule has 1 saturated carbocycles. The fourth-order valence-corrected chi connectivity index (χ4v) is 3.35. The monoisotopic (exact) mass is 275 g/mol. The maximum absolute atomic E-state index is 6.26. The fourth-order valence-electron chi connectivity index (χ4n) is 3.35. The Hall–Kier alpha value is -1.02. The van der Waals surface area contributed by atoms with E-state index in [-0.39, 0.29) is 6.10 Å². The summed E-state index contributed by atoms with van der Waals surface area (Å²) >= 11 is 0. The minimum atomic E-state index is 0.285. The highest BCUT2D eigenvalue weighted by atomic mass is 16.5. The van der Waals surface area contributed by atoms with Crippen molar-refractivity contribution < 1.29 is 4.74 Å². The topological polar surface area (TPSA) is 35.2 Å². The van der Waals surface area contributed by atoms with Gasteiger partial charge in [-0.2, -0.15) is 0 Å². The summed E-state index contributed by atoms with van der Waals surface area (Å²) < 4.78 is 6.26. The van der Waals surface area contributed by atoms with Gasteiger partial charge < -0.3 is 10.5 Å². The van der Waals surface area contributed by atoms with E-state index < -0.39 is 0 Å². The van der Waals surface area contributed by atoms with Crippen molar-refractivity contribution in [3.8, 4) is 5.75 Å². The first-order chi connectivity index (χ1) is 9.51. The highest BCUT2D eigenvalue weighted by Gasteiger charge is 2.29. The van der Waals surface area contributed by atoms with Gasteiger partial charge in [-0.15, -0.1) is 0 Å². The van der Waals surface area contributed by atoms with E-state index >= 15 is 0 Å². The normalized spacial score (nSPS) is 26.8. The predicted octanol–water partition coefficient (Wildman–Crippen LogP) is 4.26. The number of aryl methyl sites for hydroxylation is 1. The second kappa shape index (κ2) is 6.62. The molecule has 3 unspecified atom stereocenters. The van der Waals surface area contributed by atoms with Gasteiger partial charge in [0.25, 0.3) is 0 Å². The second-order valence-electron chi connectivity index (χ2n) is 6.74. The molecule has 1 aliphatic carbocycles. The van der Waals surface area contributed by atoms with Gasteiger partial charge >= 0.3 is 0 Å². The molecule has 0 amide bonds. The minimum absolute atomic E-state index is 0.285. The molecule has 20 heavy (non-hydrogen) atoms. The molecule has 1 fully saturated rings. The average molecular weight is 275 g/mol. The molecule has 0 aromatic heterocycles. The Morgan fingerprint density at radius 1 is 1.30 bits per heavy atom. The molecule has 2 N–H and O–H groups in total. The second-order valence-corrected chi connectivity index (χ2v) is 6.74. The van der Waals surface area contributed by atoms with Crippen LogP contribution >= 0.6 is 0 Å². The molecule has 112 valence electrons. The van der Waals surface area contributed by atoms with E-state index in [0.717, 1.165) is 24.6 Å². The van der Waals surface area contributed by atoms with Crippen molar-refractivity contribution in [3.05, 3.63) is 29.3 Å². The van der Waals surface area contributed by atoms with Crippen LogP contribution in [0.3, 0.4) is 0 Å². The lowest BCUT2D eigenvalue weighted by atomic mass is 9.80. The Balaban J connectivity index is 2.10. The Morgan fingerprint density at radius 2 is 2.05 bits per heavy atom. The number of nitrogens with two attached hydrogens (primary N) is 1. The Bertz CT molecular complexity index is 441. The molecule has 1 aromatic rings. The van der Waals surface area contributed by atoms with E-state index in [0.29, 0.717) is 11.8 Å². The minimum Gasteiger partial charge on any atom is -0.490 e. The van der Waals surface area contributed by atoms with Crippen molar-refractivity contribution in [1.29, 1.82) is 0 Å². The predicted molar refractivity (Wildman–Crippen MR) is 85.2 cm³/mol. The maximum Gasteiger partial charge on any atom is 0.120 e. The summed E-state index contributed by atoms with van der Waals surface area (Å²) in [7, 11) is 0. The van der Waals surface area contributed by atoms with E-state index in [1.54, 1.807) is 0 Å². The third-order valence-electron chi connectivity index (χ3n) is 4.64. The lowest BCUT2D eigenvalue weighted by molar-refractivity contribution is 0.0741. The van der Waals surface area contributed by atoms with Crippen LogP contribution in [0.15, 0.2) is 18.2 Å². The van der Waals surface area contributed by atoms with E-state index in [4.69, 9.17) is 10.5 Å². The maximum atomic E-state index is 6.26. The zero-order chi connectivity index (χ0) is 14.7. The molecule has 0 spiro atoms. The Labute approximate surface area is 123 Å². The Kier molecular flexibility index (Phi) is 5.09. The van der Waals surface area contributed by atoms with Crippen molar-refractivity contribution in [2.45, 2.75) is 59.0 Å². The van der Waals surface area contributed by atoms with Crippen molar-refractivity contribution in [1.82, 2.24) is 0 Å². The smallest absolute Gasteiger partial charge is 0.120 e. The van der Waals surface area contributed by atoms with Crippen LogP contribution in [0.1, 0.15) is 57.1 Å². The molecular weight excluding hydrogens is 246 g/mol. The van der Waals surface area contributed by atoms with Crippen LogP contribution in [-0.2, 0) is 0 Å². The van der Waals surface area contributed by atoms with E-state index in [2.05, 4.69) is 45.9 Å². The van der Waals surface area contributed by atoms with Crippen LogP contribution in [0, 0.1) is 18.8 Å². The molecule has 1 aliphatic rings. The molecule has 3 atom stereocenters. The van der Waals surface area contributed by atoms with Crippen LogP contribution < -0.4 is 10.5 Å². The van der Waals surface area contributed by atoms with Gasteiger partial charge in [-0.3, -0.25) is 0 Å². The molecule has 0 bridgehead atoms. The summed E-state index contributed by atoms with van der Waals surface area (Å²) in [6.45, 7) is 9.69. The van der Waals surface area contributed by atoms with Crippen LogP contribution in [0.4, 0.5) is 0 Å². The van der Waals surface area contributed by atoms with Crippen LogP contribution in [0.25, 0.3) is 0 Å². The zero-order valence-corrected chi connectivity index (χ0v) is 13.4. The summed E-state index contributed by atoms with van der Waals surface area (Å²) in [5, 5.41) is 0. The van der Waals surface area contributed by atoms with Gasteiger partial charge in [0.05, 0.1) is 0 Å². The zero-order valence-electron chi connectivity index (χ0n) is 13.4. The first-order valence-corrected chi connectivity index (χ1v) is 7.98. The molecule has 0 radical (unpaired) electrons. The van der Waals surface area contributed by atoms with Crippen molar-refractivity contribution in [3.63, 3.8) is 0 Å². The summed E-state index contributed by atoms with van der Waals surface area (Å²) in [5.41, 5.74) is 8.64. The first-order valence-electron chi connectivity index (χ1n) is 7.98. The van der Waals surface area contributed by atoms with Gasteiger partial charge in [0.1, 0.15) is 11.9 Å². The molecule has 1 aromatic carbocycles. The standard InChI is InChI=1S/C18H29NO/c1-12(2)17-8-7-16(10-14(17)4)20-18-9-13(3)5-6-15(18)11-19/h7-8,10,12-13,15,18H,5-6,9,11,19H2,1-4H3. The number of rotatable bonds is 4. The quantitative estimate of drug-likeness (QED) is 0.891. The van der Waals surface area contributed by atoms with Gasteiger partial charge in [-0.1, -0.05) is 33.3 Å². The number of hydrogen-bond acceptors (Lipinski definition) is 2. The molecule has 2 nitrogen and oxygen atoms in total. The third-order valence-corrected chi connectivity index (χ3v) is 4.64. The summed E-state index contributed by atoms with van der Waals surface area (Å²) in [6.07, 6.45) is 3.90. The lowest BCUT2D eigenvalue weighted by Gasteiger charge is -2.34. The number of benzene rings is 1. The summed E-state index contributed by atoms with van der Waals surface area (Å²) in [6, 6.07) is 6.51. The number of hydrogen-bond donors (Lipinski definition) is 1. The van der Waals surface area contributed by atoms with Gasteiger partial charge in [0.2, 0.25) is 0 Å². The van der Waals surface area contributed by atoms with Crippen molar-refractivity contribution >= 4 is 0 Å². The van der Waals surface area contributed by atoms with E-state index in [9.17, 15) is 0 Å². The highest BCUT2D eigenvalue weighted by Crippen LogP contribution is 2.32. The van der Waals surface area contributed by atoms with Crippen molar-refractivity contribution in [2.75, 3.05) is 6.54 Å². The van der Waals surface area contributed by atoms with E-state index in [1.807, 2.05) is 0 Å². The van der Waals surface area contributed by atoms with Gasteiger partial charge in [0.15, 0.2) is 0 Å². The molecule has 2 heteroatoms. The summed E-state index contributed by atoms with van der Waals surface area (Å²) in [4.78, 5) is 0. The van der Waals surface area contributed by atoms with Gasteiger partial charge in [-0.25, -0.2) is 0 Å². The van der Waals surface area contributed by atoms with Crippen LogP contribution in [0.5, 0.6) is 5.75 Å². The Morgan fingerprint density at radius 3 is 2.65 bits per heavy atom. The largest absolute Gasteiger partial charge is 0.490 e. The summed E-state index contributed by atoms with van der Waals surface area (Å²) in [5.74, 6) is 2.83. The van der Waals surface area contributed by atoms with Crippen LogP contribution in [0.2, 0.25) is 0 Å². The molecule has 0 heterocycles. The van der Waals surface area contributed by atoms with E-state index in [1.165, 1.54) is 24.0 Å². The van der Waals surface area contributed by atoms with Crippen LogP contribution in [-0.4, -0.2) is 12.6 Å². The molecule has 0 saturated heterocycles. The van der Waals surface area contributed by atoms with Crippen molar-refractivity contribution in [2.24, 2.45) is 17.6 Å². The molecule has 2 rings (SSSR count). The number of ether oxygens (including phenoxy) is 1. The average Bonchev–Trinajstić information content (AvgIpc) is 2.38. The van der Waals surface area contributed by atoms with Gasteiger partial charge in [-0.05, 0) is 61.4 Å². The fraction of sp³-hybridized carbons (Fsp3) is 0.667. The molecular formula is C18H29NO. The first kappa shape index (κ1) is 15.4. The lowest BCUT2D eigenvalue weighted by Crippen LogP contribution is -2.37. The SMILES string of the molecule is Cc1cc(OC2CC(C)CCC2CN)ccc1C(C)C. The van der Waals surface area contributed by atoms with Gasteiger partial charge in [0, 0.05) is 5.92 Å². The highest BCUT2D eigenvalue weighted by molar-refractivity contribution is 5.36.